The van der Waals surface area contributed by atoms with E-state index in [1.54, 1.807) is 0 Å². The Hall–Kier alpha value is -4.78. The normalized spacial score (nSPS) is 12.8. The smallest absolute Gasteiger partial charge is 0.163 e. The number of benzene rings is 3. The lowest BCUT2D eigenvalue weighted by molar-refractivity contribution is 0.300. The first-order valence-corrected chi connectivity index (χ1v) is 25.9. The van der Waals surface area contributed by atoms with Crippen LogP contribution in [0.25, 0.3) is 5.70 Å². The topological polar surface area (TPSA) is 88.6 Å². The van der Waals surface area contributed by atoms with Crippen molar-refractivity contribution in [3.63, 3.8) is 0 Å². The number of amidine groups is 1. The molecule has 0 spiro atoms. The number of aromatic nitrogens is 1. The van der Waals surface area contributed by atoms with E-state index in [9.17, 15) is 10.2 Å². The van der Waals surface area contributed by atoms with E-state index in [4.69, 9.17) is 19.5 Å². The molecule has 2 heterocycles. The van der Waals surface area contributed by atoms with Gasteiger partial charge in [0.1, 0.15) is 23.0 Å². The molecule has 0 saturated carbocycles. The van der Waals surface area contributed by atoms with E-state index in [2.05, 4.69) is 54.9 Å². The summed E-state index contributed by atoms with van der Waals surface area (Å²) in [5, 5.41) is 23.5. The van der Waals surface area contributed by atoms with Crippen molar-refractivity contribution in [2.24, 2.45) is 9.98 Å². The van der Waals surface area contributed by atoms with Crippen LogP contribution < -0.4 is 9.47 Å². The largest absolute Gasteiger partial charge is 0.507 e. The summed E-state index contributed by atoms with van der Waals surface area (Å²) >= 11 is 0. The van der Waals surface area contributed by atoms with Gasteiger partial charge in [0.05, 0.1) is 35.9 Å². The summed E-state index contributed by atoms with van der Waals surface area (Å²) in [5.74, 6) is 1.99. The third-order valence-corrected chi connectivity index (χ3v) is 13.1. The second kappa shape index (κ2) is 29.7. The van der Waals surface area contributed by atoms with Gasteiger partial charge in [0.15, 0.2) is 5.84 Å². The predicted octanol–water partition coefficient (Wildman–Crippen LogP) is 16.4. The van der Waals surface area contributed by atoms with Gasteiger partial charge >= 0.3 is 0 Å². The quantitative estimate of drug-likeness (QED) is 0.0467. The van der Waals surface area contributed by atoms with Crippen molar-refractivity contribution in [3.05, 3.63) is 113 Å². The number of hydrogen-bond donors (Lipinski definition) is 2. The van der Waals surface area contributed by atoms with Crippen LogP contribution in [0.15, 0.2) is 89.0 Å². The molecule has 0 saturated heterocycles. The summed E-state index contributed by atoms with van der Waals surface area (Å²) in [7, 11) is 0. The van der Waals surface area contributed by atoms with E-state index in [-0.39, 0.29) is 11.5 Å². The van der Waals surface area contributed by atoms with E-state index < -0.39 is 0 Å². The molecule has 0 aliphatic carbocycles. The number of ether oxygens (including phenoxy) is 2. The molecule has 5 rings (SSSR count). The second-order valence-electron chi connectivity index (χ2n) is 18.4. The number of allylic oxidation sites excluding steroid dienone is 1. The number of nitrogens with zero attached hydrogens (tertiary/aromatic N) is 3. The van der Waals surface area contributed by atoms with Gasteiger partial charge in [-0.25, -0.2) is 9.98 Å². The number of phenols is 2. The number of unbranched alkanes of at least 4 members (excludes halogenated alkanes) is 22. The van der Waals surface area contributed by atoms with E-state index in [0.717, 1.165) is 37.1 Å². The lowest BCUT2D eigenvalue weighted by Crippen LogP contribution is -2.12. The maximum absolute atomic E-state index is 11.8. The highest BCUT2D eigenvalue weighted by Gasteiger charge is 2.22. The molecule has 1 aliphatic rings. The third kappa shape index (κ3) is 17.2. The van der Waals surface area contributed by atoms with Crippen LogP contribution >= 0.6 is 0 Å². The van der Waals surface area contributed by atoms with E-state index in [0.29, 0.717) is 71.5 Å². The average molecular weight is 886 g/mol. The Kier molecular flexibility index (Phi) is 23.4. The molecule has 65 heavy (non-hydrogen) atoms. The maximum Gasteiger partial charge on any atom is 0.163 e. The fourth-order valence-electron chi connectivity index (χ4n) is 8.91. The second-order valence-corrected chi connectivity index (χ2v) is 18.4. The van der Waals surface area contributed by atoms with Gasteiger partial charge in [0.25, 0.3) is 0 Å². The standard InChI is InChI=1S/C58H83N3O4/c1-5-7-9-11-13-15-17-19-21-23-25-30-43-64-54-40-36-49(56(62)46(54)3)51-38-39-52(53-35-32-42-61(53)45-48-33-28-27-29-34-48)60-58(59-51)50-37-41-55(47(4)57(50)63)65-44-31-26-24-22-20-18-16-14-12-10-8-6-2/h27-29,32-38,40-42,62-63H,5-26,30-31,39,43-45H2,1-4H3. The summed E-state index contributed by atoms with van der Waals surface area (Å²) in [6, 6.07) is 22.2. The molecule has 0 fully saturated rings. The lowest BCUT2D eigenvalue weighted by Gasteiger charge is -2.15. The van der Waals surface area contributed by atoms with Crippen LogP contribution in [0, 0.1) is 13.8 Å². The Morgan fingerprint density at radius 1 is 0.508 bits per heavy atom. The number of phenolic OH excluding ortho intramolecular Hbond substituents is 2. The lowest BCUT2D eigenvalue weighted by atomic mass is 10.0. The van der Waals surface area contributed by atoms with Crippen molar-refractivity contribution >= 4 is 17.2 Å². The van der Waals surface area contributed by atoms with Crippen LogP contribution in [0.3, 0.4) is 0 Å². The molecule has 0 radical (unpaired) electrons. The van der Waals surface area contributed by atoms with Crippen molar-refractivity contribution in [2.75, 3.05) is 13.2 Å². The minimum Gasteiger partial charge on any atom is -0.507 e. The minimum absolute atomic E-state index is 0.0990. The monoisotopic (exact) mass is 886 g/mol. The van der Waals surface area contributed by atoms with Crippen molar-refractivity contribution in [3.8, 4) is 23.0 Å². The van der Waals surface area contributed by atoms with Gasteiger partial charge in [-0.3, -0.25) is 0 Å². The van der Waals surface area contributed by atoms with Crippen molar-refractivity contribution in [1.29, 1.82) is 0 Å². The van der Waals surface area contributed by atoms with Gasteiger partial charge in [-0.1, -0.05) is 192 Å². The van der Waals surface area contributed by atoms with Gasteiger partial charge in [0, 0.05) is 35.9 Å². The number of hydrogen-bond acceptors (Lipinski definition) is 6. The first kappa shape index (κ1) is 51.2. The molecule has 4 aromatic rings. The SMILES string of the molecule is CCCCCCCCCCCCCCOc1ccc(C2=CCC(c3cccn3Cc3ccccc3)=NC(c3ccc(OCCCCCCCCCCCCCC)c(C)c3O)=N2)c(O)c1C. The van der Waals surface area contributed by atoms with Gasteiger partial charge < -0.3 is 24.3 Å². The van der Waals surface area contributed by atoms with Crippen molar-refractivity contribution in [1.82, 2.24) is 4.57 Å². The Morgan fingerprint density at radius 2 is 0.969 bits per heavy atom. The molecule has 0 atom stereocenters. The number of aromatic hydroxyl groups is 2. The highest BCUT2D eigenvalue weighted by molar-refractivity contribution is 6.16. The molecule has 7 heteroatoms. The summed E-state index contributed by atoms with van der Waals surface area (Å²) in [6.07, 6.45) is 35.7. The molecular formula is C58H83N3O4. The molecule has 2 N–H and O–H groups in total. The van der Waals surface area contributed by atoms with Crippen LogP contribution in [-0.2, 0) is 6.54 Å². The highest BCUT2D eigenvalue weighted by Crippen LogP contribution is 2.38. The van der Waals surface area contributed by atoms with Gasteiger partial charge in [-0.15, -0.1) is 0 Å². The molecule has 7 nitrogen and oxygen atoms in total. The van der Waals surface area contributed by atoms with E-state index in [1.807, 2.05) is 56.3 Å². The Labute approximate surface area is 393 Å². The molecule has 3 aromatic carbocycles. The first-order valence-electron chi connectivity index (χ1n) is 25.9. The van der Waals surface area contributed by atoms with E-state index in [1.165, 1.54) is 134 Å². The molecule has 354 valence electrons. The predicted molar refractivity (Wildman–Crippen MR) is 274 cm³/mol. The Balaban J connectivity index is 1.23. The first-order chi connectivity index (χ1) is 31.9. The highest BCUT2D eigenvalue weighted by atomic mass is 16.5. The van der Waals surface area contributed by atoms with E-state index >= 15 is 0 Å². The van der Waals surface area contributed by atoms with Crippen LogP contribution in [0.5, 0.6) is 23.0 Å². The summed E-state index contributed by atoms with van der Waals surface area (Å²) in [5.41, 5.74) is 6.06. The summed E-state index contributed by atoms with van der Waals surface area (Å²) < 4.78 is 14.7. The summed E-state index contributed by atoms with van der Waals surface area (Å²) in [4.78, 5) is 10.3. The van der Waals surface area contributed by atoms with Gasteiger partial charge in [0.2, 0.25) is 0 Å². The zero-order valence-corrected chi connectivity index (χ0v) is 40.9. The van der Waals surface area contributed by atoms with Gasteiger partial charge in [-0.2, -0.15) is 0 Å². The van der Waals surface area contributed by atoms with Crippen LogP contribution in [0.4, 0.5) is 0 Å². The van der Waals surface area contributed by atoms with Crippen molar-refractivity contribution < 1.29 is 19.7 Å². The Morgan fingerprint density at radius 3 is 1.48 bits per heavy atom. The molecule has 0 unspecified atom stereocenters. The maximum atomic E-state index is 11.8. The average Bonchev–Trinajstić information content (AvgIpc) is 3.67. The number of aliphatic imine (C=N–C) groups is 2. The zero-order valence-electron chi connectivity index (χ0n) is 40.9. The third-order valence-electron chi connectivity index (χ3n) is 13.1. The number of rotatable bonds is 33. The minimum atomic E-state index is 0.0990. The molecule has 0 bridgehead atoms. The summed E-state index contributed by atoms with van der Waals surface area (Å²) in [6.45, 7) is 10.3. The fraction of sp³-hybridized carbons (Fsp3) is 0.552. The Bertz CT molecular complexity index is 2060. The van der Waals surface area contributed by atoms with Gasteiger partial charge in [-0.05, 0) is 68.7 Å². The van der Waals surface area contributed by atoms with Crippen molar-refractivity contribution in [2.45, 2.75) is 195 Å². The van der Waals surface area contributed by atoms with Crippen LogP contribution in [0.2, 0.25) is 0 Å². The van der Waals surface area contributed by atoms with Crippen LogP contribution in [-0.4, -0.2) is 39.5 Å². The fourth-order valence-corrected chi connectivity index (χ4v) is 8.91. The molecule has 0 amide bonds. The zero-order chi connectivity index (χ0) is 45.9. The molecular weight excluding hydrogens is 803 g/mol. The molecule has 1 aliphatic heterocycles. The van der Waals surface area contributed by atoms with Crippen LogP contribution in [0.1, 0.15) is 208 Å². The molecule has 1 aromatic heterocycles.